The molecule has 1 fully saturated rings. The molecule has 1 aromatic rings. The van der Waals surface area contributed by atoms with Crippen LogP contribution in [0.15, 0.2) is 5.16 Å². The highest BCUT2D eigenvalue weighted by molar-refractivity contribution is 7.99. The molecule has 3 N–H and O–H groups in total. The summed E-state index contributed by atoms with van der Waals surface area (Å²) in [5.41, 5.74) is 5.25. The van der Waals surface area contributed by atoms with Crippen molar-refractivity contribution < 1.29 is 0 Å². The maximum Gasteiger partial charge on any atom is 0.216 e. The zero-order valence-corrected chi connectivity index (χ0v) is 7.77. The van der Waals surface area contributed by atoms with Crippen molar-refractivity contribution in [3.05, 3.63) is 0 Å². The molecule has 0 saturated heterocycles. The molecule has 0 bridgehead atoms. The van der Waals surface area contributed by atoms with E-state index in [-0.39, 0.29) is 5.41 Å². The topological polar surface area (TPSA) is 91.4 Å². The number of nitrogens with two attached hydrogens (primary N) is 1. The van der Waals surface area contributed by atoms with Crippen LogP contribution in [0.4, 0.5) is 5.95 Å². The number of nitrogen functional groups attached to an aromatic ring is 1. The fraction of sp³-hybridized carbons (Fsp3) is 0.571. The number of rotatable bonds is 3. The summed E-state index contributed by atoms with van der Waals surface area (Å²) in [5.74, 6) is 1.09. The molecule has 0 radical (unpaired) electrons. The van der Waals surface area contributed by atoms with E-state index in [9.17, 15) is 0 Å². The van der Waals surface area contributed by atoms with Crippen molar-refractivity contribution in [2.75, 3.05) is 11.5 Å². The number of aromatic nitrogens is 3. The van der Waals surface area contributed by atoms with E-state index in [0.29, 0.717) is 11.1 Å². The van der Waals surface area contributed by atoms with E-state index in [1.807, 2.05) is 0 Å². The maximum absolute atomic E-state index is 8.80. The summed E-state index contributed by atoms with van der Waals surface area (Å²) in [7, 11) is 0. The molecule has 6 heteroatoms. The minimum atomic E-state index is -0.111. The molecule has 0 unspecified atom stereocenters. The molecule has 13 heavy (non-hydrogen) atoms. The monoisotopic (exact) mass is 195 g/mol. The number of nitrogens with one attached hydrogen (secondary N) is 1. The highest BCUT2D eigenvalue weighted by Gasteiger charge is 2.43. The fourth-order valence-electron chi connectivity index (χ4n) is 0.965. The van der Waals surface area contributed by atoms with Crippen LogP contribution in [0.3, 0.4) is 0 Å². The Kier molecular flexibility index (Phi) is 1.88. The Bertz CT molecular complexity index is 348. The Balaban J connectivity index is 1.90. The number of nitriles is 1. The van der Waals surface area contributed by atoms with Crippen molar-refractivity contribution in [2.45, 2.75) is 18.0 Å². The van der Waals surface area contributed by atoms with Gasteiger partial charge in [-0.15, -0.1) is 5.10 Å². The van der Waals surface area contributed by atoms with E-state index in [1.54, 1.807) is 0 Å². The van der Waals surface area contributed by atoms with Crippen molar-refractivity contribution in [3.8, 4) is 6.07 Å². The second kappa shape index (κ2) is 2.92. The summed E-state index contributed by atoms with van der Waals surface area (Å²) >= 11 is 1.48. The number of aromatic amines is 1. The van der Waals surface area contributed by atoms with Gasteiger partial charge in [0, 0.05) is 5.75 Å². The van der Waals surface area contributed by atoms with Gasteiger partial charge in [-0.3, -0.25) is 0 Å². The predicted octanol–water partition coefficient (Wildman–Crippen LogP) is 0.783. The molecule has 0 spiro atoms. The maximum atomic E-state index is 8.80. The number of anilines is 1. The lowest BCUT2D eigenvalue weighted by Crippen LogP contribution is -1.99. The van der Waals surface area contributed by atoms with Gasteiger partial charge in [0.25, 0.3) is 0 Å². The van der Waals surface area contributed by atoms with Crippen molar-refractivity contribution in [1.82, 2.24) is 15.2 Å². The zero-order chi connectivity index (χ0) is 9.31. The highest BCUT2D eigenvalue weighted by atomic mass is 32.2. The fourth-order valence-corrected chi connectivity index (χ4v) is 2.00. The average Bonchev–Trinajstić information content (AvgIpc) is 2.81. The van der Waals surface area contributed by atoms with Crippen LogP contribution in [0.2, 0.25) is 0 Å². The van der Waals surface area contributed by atoms with Gasteiger partial charge in [0.05, 0.1) is 11.5 Å². The van der Waals surface area contributed by atoms with E-state index in [2.05, 4.69) is 21.3 Å². The minimum absolute atomic E-state index is 0.111. The van der Waals surface area contributed by atoms with E-state index in [1.165, 1.54) is 11.8 Å². The normalized spacial score (nSPS) is 18.1. The first kappa shape index (κ1) is 8.38. The third-order valence-electron chi connectivity index (χ3n) is 2.05. The van der Waals surface area contributed by atoms with Gasteiger partial charge in [-0.2, -0.15) is 10.2 Å². The third-order valence-corrected chi connectivity index (χ3v) is 3.19. The molecule has 0 amide bonds. The summed E-state index contributed by atoms with van der Waals surface area (Å²) in [6.07, 6.45) is 1.99. The second-order valence-corrected chi connectivity index (χ2v) is 4.13. The standard InChI is InChI=1S/C7H9N5S/c8-3-7(1-2-7)4-13-6-10-5(9)11-12-6/h1-2,4H2,(H3,9,10,11,12). The first-order chi connectivity index (χ1) is 6.24. The number of nitrogens with zero attached hydrogens (tertiary/aromatic N) is 3. The highest BCUT2D eigenvalue weighted by Crippen LogP contribution is 2.48. The molecule has 1 saturated carbocycles. The molecule has 1 aliphatic rings. The van der Waals surface area contributed by atoms with Gasteiger partial charge in [-0.05, 0) is 12.8 Å². The molecule has 5 nitrogen and oxygen atoms in total. The van der Waals surface area contributed by atoms with Crippen LogP contribution in [-0.2, 0) is 0 Å². The predicted molar refractivity (Wildman–Crippen MR) is 48.8 cm³/mol. The van der Waals surface area contributed by atoms with E-state index in [4.69, 9.17) is 11.0 Å². The minimum Gasteiger partial charge on any atom is -0.368 e. The zero-order valence-electron chi connectivity index (χ0n) is 6.95. The van der Waals surface area contributed by atoms with Gasteiger partial charge < -0.3 is 5.73 Å². The Morgan fingerprint density at radius 3 is 2.92 bits per heavy atom. The molecule has 1 aliphatic carbocycles. The average molecular weight is 195 g/mol. The first-order valence-corrected chi connectivity index (χ1v) is 4.95. The Morgan fingerprint density at radius 2 is 2.46 bits per heavy atom. The van der Waals surface area contributed by atoms with Crippen molar-refractivity contribution in [1.29, 1.82) is 5.26 Å². The number of hydrogen-bond acceptors (Lipinski definition) is 5. The number of hydrogen-bond donors (Lipinski definition) is 2. The van der Waals surface area contributed by atoms with Gasteiger partial charge in [-0.1, -0.05) is 11.8 Å². The van der Waals surface area contributed by atoms with E-state index >= 15 is 0 Å². The quantitative estimate of drug-likeness (QED) is 0.695. The summed E-state index contributed by atoms with van der Waals surface area (Å²) in [6.45, 7) is 0. The second-order valence-electron chi connectivity index (χ2n) is 3.18. The van der Waals surface area contributed by atoms with Crippen molar-refractivity contribution in [3.63, 3.8) is 0 Å². The van der Waals surface area contributed by atoms with Crippen LogP contribution in [-0.4, -0.2) is 20.9 Å². The Labute approximate surface area is 79.7 Å². The van der Waals surface area contributed by atoms with Crippen LogP contribution in [0.5, 0.6) is 0 Å². The molecule has 0 atom stereocenters. The first-order valence-electron chi connectivity index (χ1n) is 3.96. The van der Waals surface area contributed by atoms with Crippen molar-refractivity contribution in [2.24, 2.45) is 5.41 Å². The van der Waals surface area contributed by atoms with Gasteiger partial charge >= 0.3 is 0 Å². The van der Waals surface area contributed by atoms with Crippen LogP contribution < -0.4 is 5.73 Å². The summed E-state index contributed by atoms with van der Waals surface area (Å²) in [6, 6.07) is 2.31. The molecular weight excluding hydrogens is 186 g/mol. The molecule has 0 aliphatic heterocycles. The van der Waals surface area contributed by atoms with Crippen LogP contribution in [0, 0.1) is 16.7 Å². The van der Waals surface area contributed by atoms with Crippen LogP contribution >= 0.6 is 11.8 Å². The van der Waals surface area contributed by atoms with E-state index in [0.717, 1.165) is 18.6 Å². The smallest absolute Gasteiger partial charge is 0.216 e. The summed E-state index contributed by atoms with van der Waals surface area (Å²) < 4.78 is 0. The van der Waals surface area contributed by atoms with Crippen LogP contribution in [0.1, 0.15) is 12.8 Å². The van der Waals surface area contributed by atoms with E-state index < -0.39 is 0 Å². The molecule has 1 heterocycles. The van der Waals surface area contributed by atoms with Crippen molar-refractivity contribution >= 4 is 17.7 Å². The van der Waals surface area contributed by atoms with Gasteiger partial charge in [0.1, 0.15) is 0 Å². The van der Waals surface area contributed by atoms with Gasteiger partial charge in [0.15, 0.2) is 0 Å². The largest absolute Gasteiger partial charge is 0.368 e. The number of thioether (sulfide) groups is 1. The summed E-state index contributed by atoms with van der Waals surface area (Å²) in [5, 5.41) is 15.9. The number of H-pyrrole nitrogens is 1. The molecular formula is C7H9N5S. The third kappa shape index (κ3) is 1.75. The van der Waals surface area contributed by atoms with Crippen LogP contribution in [0.25, 0.3) is 0 Å². The lowest BCUT2D eigenvalue weighted by atomic mass is 10.2. The lowest BCUT2D eigenvalue weighted by molar-refractivity contribution is 0.779. The molecule has 68 valence electrons. The Morgan fingerprint density at radius 1 is 1.69 bits per heavy atom. The van der Waals surface area contributed by atoms with Gasteiger partial charge in [0.2, 0.25) is 11.1 Å². The lowest BCUT2D eigenvalue weighted by Gasteiger charge is -2.00. The molecule has 0 aromatic carbocycles. The Hall–Kier alpha value is -1.22. The molecule has 1 aromatic heterocycles. The SMILES string of the molecule is N#CC1(CSc2n[nH]c(N)n2)CC1. The summed E-state index contributed by atoms with van der Waals surface area (Å²) in [4.78, 5) is 3.94. The molecule has 2 rings (SSSR count). The van der Waals surface area contributed by atoms with Gasteiger partial charge in [-0.25, -0.2) is 5.10 Å².